The average Bonchev–Trinajstić information content (AvgIpc) is 2.48. The Morgan fingerprint density at radius 2 is 1.57 bits per heavy atom. The van der Waals surface area contributed by atoms with E-state index in [0.717, 1.165) is 0 Å². The van der Waals surface area contributed by atoms with Crippen LogP contribution in [-0.4, -0.2) is 47.9 Å². The Balaban J connectivity index is 1.83. The van der Waals surface area contributed by atoms with Gasteiger partial charge in [-0.25, -0.2) is 9.18 Å². The molecular weight excluding hydrogens is 297 g/mol. The number of carbonyl (C=O) groups is 2. The number of nitrogens with zero attached hydrogens (tertiary/aromatic N) is 2. The quantitative estimate of drug-likeness (QED) is 0.910. The minimum atomic E-state index is -0.339. The Morgan fingerprint density at radius 1 is 1.04 bits per heavy atom. The van der Waals surface area contributed by atoms with Gasteiger partial charge in [-0.05, 0) is 29.7 Å². The van der Waals surface area contributed by atoms with E-state index in [4.69, 9.17) is 0 Å². The zero-order valence-electron chi connectivity index (χ0n) is 13.9. The first-order valence-electron chi connectivity index (χ1n) is 7.84. The fourth-order valence-electron chi connectivity index (χ4n) is 2.46. The van der Waals surface area contributed by atoms with Gasteiger partial charge in [0.15, 0.2) is 0 Å². The van der Waals surface area contributed by atoms with Gasteiger partial charge in [0.2, 0.25) is 5.91 Å². The molecule has 0 saturated carbocycles. The summed E-state index contributed by atoms with van der Waals surface area (Å²) in [7, 11) is 0. The highest BCUT2D eigenvalue weighted by Crippen LogP contribution is 2.20. The van der Waals surface area contributed by atoms with E-state index < -0.39 is 0 Å². The Labute approximate surface area is 136 Å². The van der Waals surface area contributed by atoms with Gasteiger partial charge in [-0.3, -0.25) is 4.79 Å². The Kier molecular flexibility index (Phi) is 5.23. The molecule has 1 aromatic rings. The van der Waals surface area contributed by atoms with Gasteiger partial charge in [0, 0.05) is 38.3 Å². The molecule has 6 heteroatoms. The number of piperazine rings is 1. The van der Waals surface area contributed by atoms with E-state index in [2.05, 4.69) is 5.32 Å². The predicted molar refractivity (Wildman–Crippen MR) is 87.6 cm³/mol. The monoisotopic (exact) mass is 321 g/mol. The number of amides is 3. The topological polar surface area (TPSA) is 52.7 Å². The van der Waals surface area contributed by atoms with Crippen molar-refractivity contribution in [2.75, 3.05) is 31.5 Å². The van der Waals surface area contributed by atoms with Gasteiger partial charge in [0.05, 0.1) is 0 Å². The second-order valence-corrected chi connectivity index (χ2v) is 7.04. The number of carbonyl (C=O) groups excluding carboxylic acids is 2. The molecule has 2 rings (SSSR count). The fraction of sp³-hybridized carbons (Fsp3) is 0.529. The summed E-state index contributed by atoms with van der Waals surface area (Å²) in [4.78, 5) is 27.8. The zero-order chi connectivity index (χ0) is 17.0. The van der Waals surface area contributed by atoms with E-state index in [-0.39, 0.29) is 23.2 Å². The minimum absolute atomic E-state index is 0.0336. The van der Waals surface area contributed by atoms with Crippen molar-refractivity contribution in [2.45, 2.75) is 27.2 Å². The molecule has 1 saturated heterocycles. The van der Waals surface area contributed by atoms with E-state index in [1.807, 2.05) is 25.7 Å². The van der Waals surface area contributed by atoms with E-state index in [0.29, 0.717) is 38.3 Å². The van der Waals surface area contributed by atoms with Gasteiger partial charge >= 0.3 is 6.03 Å². The van der Waals surface area contributed by atoms with Gasteiger partial charge in [-0.1, -0.05) is 20.8 Å². The largest absolute Gasteiger partial charge is 0.339 e. The summed E-state index contributed by atoms with van der Waals surface area (Å²) >= 11 is 0. The summed E-state index contributed by atoms with van der Waals surface area (Å²) in [6.07, 6.45) is 0.509. The van der Waals surface area contributed by atoms with Gasteiger partial charge in [-0.15, -0.1) is 0 Å². The highest BCUT2D eigenvalue weighted by molar-refractivity contribution is 5.89. The van der Waals surface area contributed by atoms with Crippen molar-refractivity contribution in [2.24, 2.45) is 5.41 Å². The standard InChI is InChI=1S/C17H24FN3O2/c1-17(2,3)12-15(22)20-8-10-21(11-9-20)16(23)19-14-6-4-13(18)5-7-14/h4-7H,8-12H2,1-3H3,(H,19,23). The smallest absolute Gasteiger partial charge is 0.321 e. The van der Waals surface area contributed by atoms with Crippen LogP contribution >= 0.6 is 0 Å². The summed E-state index contributed by atoms with van der Waals surface area (Å²) in [5.74, 6) is -0.204. The predicted octanol–water partition coefficient (Wildman–Crippen LogP) is 2.94. The van der Waals surface area contributed by atoms with Gasteiger partial charge in [0.25, 0.3) is 0 Å². The fourth-order valence-corrected chi connectivity index (χ4v) is 2.46. The molecule has 23 heavy (non-hydrogen) atoms. The van der Waals surface area contributed by atoms with E-state index >= 15 is 0 Å². The second-order valence-electron chi connectivity index (χ2n) is 7.04. The number of hydrogen-bond donors (Lipinski definition) is 1. The van der Waals surface area contributed by atoms with Crippen LogP contribution in [0.25, 0.3) is 0 Å². The molecule has 126 valence electrons. The molecule has 0 radical (unpaired) electrons. The number of anilines is 1. The highest BCUT2D eigenvalue weighted by Gasteiger charge is 2.26. The molecule has 1 aliphatic heterocycles. The first-order valence-corrected chi connectivity index (χ1v) is 7.84. The average molecular weight is 321 g/mol. The third kappa shape index (κ3) is 5.23. The molecule has 5 nitrogen and oxygen atoms in total. The second kappa shape index (κ2) is 6.98. The van der Waals surface area contributed by atoms with Gasteiger partial charge in [0.1, 0.15) is 5.82 Å². The molecule has 0 spiro atoms. The molecule has 0 atom stereocenters. The molecule has 1 fully saturated rings. The van der Waals surface area contributed by atoms with E-state index in [1.165, 1.54) is 24.3 Å². The van der Waals surface area contributed by atoms with Crippen LogP contribution in [0.4, 0.5) is 14.9 Å². The SMILES string of the molecule is CC(C)(C)CC(=O)N1CCN(C(=O)Nc2ccc(F)cc2)CC1. The number of hydrogen-bond acceptors (Lipinski definition) is 2. The molecule has 1 heterocycles. The number of halogens is 1. The lowest BCUT2D eigenvalue weighted by Gasteiger charge is -2.35. The van der Waals surface area contributed by atoms with Crippen LogP contribution in [0.3, 0.4) is 0 Å². The Morgan fingerprint density at radius 3 is 2.09 bits per heavy atom. The van der Waals surface area contributed by atoms with Crippen molar-refractivity contribution in [3.05, 3.63) is 30.1 Å². The van der Waals surface area contributed by atoms with Crippen LogP contribution in [0.5, 0.6) is 0 Å². The van der Waals surface area contributed by atoms with Crippen LogP contribution in [0.2, 0.25) is 0 Å². The Hall–Kier alpha value is -2.11. The third-order valence-electron chi connectivity index (χ3n) is 3.70. The summed E-state index contributed by atoms with van der Waals surface area (Å²) in [5.41, 5.74) is 0.524. The summed E-state index contributed by atoms with van der Waals surface area (Å²) in [6.45, 7) is 8.22. The van der Waals surface area contributed by atoms with Crippen molar-refractivity contribution in [1.29, 1.82) is 0 Å². The lowest BCUT2D eigenvalue weighted by atomic mass is 9.91. The van der Waals surface area contributed by atoms with Gasteiger partial charge < -0.3 is 15.1 Å². The maximum atomic E-state index is 12.9. The lowest BCUT2D eigenvalue weighted by Crippen LogP contribution is -2.52. The molecule has 0 unspecified atom stereocenters. The normalized spacial score (nSPS) is 15.5. The number of nitrogens with one attached hydrogen (secondary N) is 1. The summed E-state index contributed by atoms with van der Waals surface area (Å²) in [6, 6.07) is 5.43. The van der Waals surface area contributed by atoms with Crippen LogP contribution in [0.1, 0.15) is 27.2 Å². The third-order valence-corrected chi connectivity index (χ3v) is 3.70. The molecule has 3 amide bonds. The van der Waals surface area contributed by atoms with Crippen molar-refractivity contribution >= 4 is 17.6 Å². The molecule has 1 aliphatic rings. The maximum absolute atomic E-state index is 12.9. The van der Waals surface area contributed by atoms with Crippen LogP contribution in [-0.2, 0) is 4.79 Å². The summed E-state index contributed by atoms with van der Waals surface area (Å²) < 4.78 is 12.9. The Bertz CT molecular complexity index is 558. The first kappa shape index (κ1) is 17.2. The van der Waals surface area contributed by atoms with Crippen molar-refractivity contribution in [3.63, 3.8) is 0 Å². The van der Waals surface area contributed by atoms with E-state index in [9.17, 15) is 14.0 Å². The van der Waals surface area contributed by atoms with Crippen LogP contribution in [0.15, 0.2) is 24.3 Å². The first-order chi connectivity index (χ1) is 10.7. The summed E-state index contributed by atoms with van der Waals surface area (Å²) in [5, 5.41) is 2.74. The molecule has 0 aliphatic carbocycles. The minimum Gasteiger partial charge on any atom is -0.339 e. The highest BCUT2D eigenvalue weighted by atomic mass is 19.1. The molecule has 1 aromatic carbocycles. The molecular formula is C17H24FN3O2. The van der Waals surface area contributed by atoms with Crippen molar-refractivity contribution in [3.8, 4) is 0 Å². The maximum Gasteiger partial charge on any atom is 0.321 e. The number of urea groups is 1. The van der Waals surface area contributed by atoms with E-state index in [1.54, 1.807) is 4.90 Å². The van der Waals surface area contributed by atoms with Crippen LogP contribution in [0, 0.1) is 11.2 Å². The molecule has 1 N–H and O–H groups in total. The molecule has 0 bridgehead atoms. The van der Waals surface area contributed by atoms with Gasteiger partial charge in [-0.2, -0.15) is 0 Å². The molecule has 0 aromatic heterocycles. The van der Waals surface area contributed by atoms with Crippen molar-refractivity contribution in [1.82, 2.24) is 9.80 Å². The number of benzene rings is 1. The van der Waals surface area contributed by atoms with Crippen molar-refractivity contribution < 1.29 is 14.0 Å². The zero-order valence-corrected chi connectivity index (χ0v) is 13.9. The number of rotatable bonds is 2. The van der Waals surface area contributed by atoms with Crippen LogP contribution < -0.4 is 5.32 Å². The lowest BCUT2D eigenvalue weighted by molar-refractivity contribution is -0.134.